The minimum Gasteiger partial charge on any atom is -0.493 e. The molecular weight excluding hydrogens is 372 g/mol. The molecule has 2 rings (SSSR count). The maximum absolute atomic E-state index is 12.5. The summed E-state index contributed by atoms with van der Waals surface area (Å²) in [5.74, 6) is 0.878. The normalized spacial score (nSPS) is 17.3. The molecular formula is C19H29ClN2O5. The number of hydrogen-bond donors (Lipinski definition) is 2. The maximum Gasteiger partial charge on any atom is 0.340 e. The first-order chi connectivity index (χ1) is 12.5. The van der Waals surface area contributed by atoms with Crippen LogP contribution in [-0.4, -0.2) is 46.3 Å². The van der Waals surface area contributed by atoms with Crippen LogP contribution in [0.2, 0.25) is 0 Å². The van der Waals surface area contributed by atoms with E-state index in [-0.39, 0.29) is 29.8 Å². The summed E-state index contributed by atoms with van der Waals surface area (Å²) >= 11 is 0. The van der Waals surface area contributed by atoms with Crippen molar-refractivity contribution in [1.29, 1.82) is 0 Å². The lowest BCUT2D eigenvalue weighted by Crippen LogP contribution is -2.34. The maximum atomic E-state index is 12.5. The van der Waals surface area contributed by atoms with Crippen molar-refractivity contribution in [3.05, 3.63) is 17.7 Å². The van der Waals surface area contributed by atoms with Gasteiger partial charge in [0.25, 0.3) is 0 Å². The van der Waals surface area contributed by atoms with E-state index in [0.29, 0.717) is 29.5 Å². The van der Waals surface area contributed by atoms with Crippen LogP contribution in [0.25, 0.3) is 0 Å². The molecule has 1 aromatic carbocycles. The summed E-state index contributed by atoms with van der Waals surface area (Å²) in [6.45, 7) is 4.08. The van der Waals surface area contributed by atoms with Crippen molar-refractivity contribution < 1.29 is 23.8 Å². The van der Waals surface area contributed by atoms with Crippen molar-refractivity contribution in [3.8, 4) is 11.5 Å². The van der Waals surface area contributed by atoms with Crippen LogP contribution < -0.4 is 20.1 Å². The molecule has 1 fully saturated rings. The number of rotatable bonds is 7. The van der Waals surface area contributed by atoms with Gasteiger partial charge in [-0.1, -0.05) is 6.92 Å². The molecule has 152 valence electrons. The van der Waals surface area contributed by atoms with Crippen molar-refractivity contribution in [2.45, 2.75) is 26.2 Å². The highest BCUT2D eigenvalue weighted by Crippen LogP contribution is 2.34. The summed E-state index contributed by atoms with van der Waals surface area (Å²) in [5, 5.41) is 6.20. The zero-order chi connectivity index (χ0) is 19.1. The number of piperidine rings is 1. The molecule has 1 amide bonds. The second-order valence-corrected chi connectivity index (χ2v) is 6.58. The average Bonchev–Trinajstić information content (AvgIpc) is 2.67. The number of carbonyl (C=O) groups is 2. The van der Waals surface area contributed by atoms with Crippen molar-refractivity contribution >= 4 is 30.0 Å². The molecule has 0 bridgehead atoms. The lowest BCUT2D eigenvalue weighted by molar-refractivity contribution is -0.117. The zero-order valence-corrected chi connectivity index (χ0v) is 17.1. The predicted molar refractivity (Wildman–Crippen MR) is 106 cm³/mol. The summed E-state index contributed by atoms with van der Waals surface area (Å²) in [4.78, 5) is 24.6. The van der Waals surface area contributed by atoms with Crippen molar-refractivity contribution in [2.75, 3.05) is 39.7 Å². The molecule has 1 aromatic rings. The Balaban J connectivity index is 0.00000364. The minimum atomic E-state index is -0.550. The molecule has 1 heterocycles. The van der Waals surface area contributed by atoms with E-state index < -0.39 is 5.97 Å². The minimum absolute atomic E-state index is 0. The van der Waals surface area contributed by atoms with E-state index in [1.807, 2.05) is 0 Å². The second-order valence-electron chi connectivity index (χ2n) is 6.58. The third-order valence-corrected chi connectivity index (χ3v) is 4.85. The van der Waals surface area contributed by atoms with Crippen molar-refractivity contribution in [2.24, 2.45) is 11.8 Å². The summed E-state index contributed by atoms with van der Waals surface area (Å²) in [5.41, 5.74) is 0.582. The monoisotopic (exact) mass is 400 g/mol. The van der Waals surface area contributed by atoms with Gasteiger partial charge in [-0.2, -0.15) is 0 Å². The highest BCUT2D eigenvalue weighted by Gasteiger charge is 2.24. The number of benzene rings is 1. The molecule has 7 nitrogen and oxygen atoms in total. The Labute approximate surface area is 166 Å². The van der Waals surface area contributed by atoms with Gasteiger partial charge in [0.1, 0.15) is 0 Å². The first kappa shape index (κ1) is 23.0. The molecule has 0 radical (unpaired) electrons. The Morgan fingerprint density at radius 1 is 1.22 bits per heavy atom. The van der Waals surface area contributed by atoms with Gasteiger partial charge < -0.3 is 24.8 Å². The zero-order valence-electron chi connectivity index (χ0n) is 16.3. The molecule has 1 aliphatic heterocycles. The average molecular weight is 401 g/mol. The second kappa shape index (κ2) is 11.0. The number of anilines is 1. The summed E-state index contributed by atoms with van der Waals surface area (Å²) in [6, 6.07) is 3.09. The number of ether oxygens (including phenoxy) is 3. The Bertz CT molecular complexity index is 647. The predicted octanol–water partition coefficient (Wildman–Crippen LogP) is 2.88. The number of amides is 1. The van der Waals surface area contributed by atoms with Gasteiger partial charge in [-0.15, -0.1) is 12.4 Å². The molecule has 27 heavy (non-hydrogen) atoms. The van der Waals surface area contributed by atoms with Crippen LogP contribution in [-0.2, 0) is 9.53 Å². The quantitative estimate of drug-likeness (QED) is 0.684. The van der Waals surface area contributed by atoms with Crippen molar-refractivity contribution in [1.82, 2.24) is 5.32 Å². The fraction of sp³-hybridized carbons (Fsp3) is 0.579. The number of carbonyl (C=O) groups excluding carboxylic acids is 2. The third kappa shape index (κ3) is 6.01. The lowest BCUT2D eigenvalue weighted by Gasteiger charge is -2.28. The standard InChI is InChI=1S/C19H28N2O5.ClH/c1-12(13-6-5-7-20-11-13)8-18(22)21-15-10-17(25-3)16(24-2)9-14(15)19(23)26-4;/h9-10,12-13,20H,5-8,11H2,1-4H3,(H,21,22);1H. The highest BCUT2D eigenvalue weighted by molar-refractivity contribution is 6.02. The Morgan fingerprint density at radius 3 is 2.44 bits per heavy atom. The van der Waals surface area contributed by atoms with Crippen LogP contribution in [0, 0.1) is 11.8 Å². The molecule has 0 aromatic heterocycles. The molecule has 0 saturated carbocycles. The number of nitrogens with one attached hydrogen (secondary N) is 2. The SMILES string of the molecule is COC(=O)c1cc(OC)c(OC)cc1NC(=O)CC(C)C1CCCNC1.Cl. The van der Waals surface area contributed by atoms with E-state index in [0.717, 1.165) is 25.9 Å². The summed E-state index contributed by atoms with van der Waals surface area (Å²) < 4.78 is 15.3. The van der Waals surface area contributed by atoms with Gasteiger partial charge in [0.05, 0.1) is 32.6 Å². The lowest BCUT2D eigenvalue weighted by atomic mass is 9.85. The van der Waals surface area contributed by atoms with Gasteiger partial charge in [0.2, 0.25) is 5.91 Å². The van der Waals surface area contributed by atoms with Gasteiger partial charge in [-0.3, -0.25) is 4.79 Å². The van der Waals surface area contributed by atoms with Gasteiger partial charge in [-0.05, 0) is 37.8 Å². The first-order valence-corrected chi connectivity index (χ1v) is 8.85. The van der Waals surface area contributed by atoms with Crippen LogP contribution in [0.1, 0.15) is 36.5 Å². The van der Waals surface area contributed by atoms with Crippen molar-refractivity contribution in [3.63, 3.8) is 0 Å². The smallest absolute Gasteiger partial charge is 0.340 e. The molecule has 1 aliphatic rings. The van der Waals surface area contributed by atoms with Gasteiger partial charge >= 0.3 is 5.97 Å². The van der Waals surface area contributed by atoms with Crippen LogP contribution in [0.15, 0.2) is 12.1 Å². The molecule has 2 atom stereocenters. The Hall–Kier alpha value is -1.99. The van der Waals surface area contributed by atoms with Crippen LogP contribution >= 0.6 is 12.4 Å². The number of hydrogen-bond acceptors (Lipinski definition) is 6. The van der Waals surface area contributed by atoms with Crippen LogP contribution in [0.4, 0.5) is 5.69 Å². The molecule has 1 saturated heterocycles. The number of methoxy groups -OCH3 is 3. The van der Waals surface area contributed by atoms with Gasteiger partial charge in [0, 0.05) is 18.6 Å². The molecule has 2 unspecified atom stereocenters. The fourth-order valence-corrected chi connectivity index (χ4v) is 3.29. The van der Waals surface area contributed by atoms with E-state index >= 15 is 0 Å². The summed E-state index contributed by atoms with van der Waals surface area (Å²) in [7, 11) is 4.28. The largest absolute Gasteiger partial charge is 0.493 e. The van der Waals surface area contributed by atoms with E-state index in [1.54, 1.807) is 6.07 Å². The summed E-state index contributed by atoms with van der Waals surface area (Å²) in [6.07, 6.45) is 2.66. The molecule has 0 aliphatic carbocycles. The third-order valence-electron chi connectivity index (χ3n) is 4.85. The topological polar surface area (TPSA) is 85.9 Å². The van der Waals surface area contributed by atoms with Crippen LogP contribution in [0.3, 0.4) is 0 Å². The first-order valence-electron chi connectivity index (χ1n) is 8.85. The number of esters is 1. The van der Waals surface area contributed by atoms with Crippen LogP contribution in [0.5, 0.6) is 11.5 Å². The molecule has 2 N–H and O–H groups in total. The Kier molecular flexibility index (Phi) is 9.38. The molecule has 0 spiro atoms. The van der Waals surface area contributed by atoms with E-state index in [1.165, 1.54) is 27.4 Å². The highest BCUT2D eigenvalue weighted by atomic mass is 35.5. The van der Waals surface area contributed by atoms with E-state index in [2.05, 4.69) is 17.6 Å². The van der Waals surface area contributed by atoms with E-state index in [9.17, 15) is 9.59 Å². The molecule has 8 heteroatoms. The van der Waals surface area contributed by atoms with Gasteiger partial charge in [-0.25, -0.2) is 4.79 Å². The fourth-order valence-electron chi connectivity index (χ4n) is 3.29. The van der Waals surface area contributed by atoms with E-state index in [4.69, 9.17) is 14.2 Å². The van der Waals surface area contributed by atoms with Gasteiger partial charge in [0.15, 0.2) is 11.5 Å². The number of halogens is 1. The Morgan fingerprint density at radius 2 is 1.89 bits per heavy atom.